The molecule has 1 heterocycles. The molecule has 0 aliphatic carbocycles. The molecule has 6 heteroatoms. The molecule has 1 aliphatic rings. The van der Waals surface area contributed by atoms with Crippen LogP contribution in [0.4, 0.5) is 0 Å². The van der Waals surface area contributed by atoms with Gasteiger partial charge in [0.25, 0.3) is 0 Å². The first-order chi connectivity index (χ1) is 19.1. The van der Waals surface area contributed by atoms with Crippen molar-refractivity contribution in [2.24, 2.45) is 0 Å². The van der Waals surface area contributed by atoms with E-state index < -0.39 is 12.0 Å². The second-order valence-electron chi connectivity index (χ2n) is 9.65. The molecule has 4 aromatic rings. The number of aliphatic carboxylic acids is 1. The van der Waals surface area contributed by atoms with Crippen LogP contribution in [-0.4, -0.2) is 42.8 Å². The van der Waals surface area contributed by atoms with E-state index in [1.54, 1.807) is 14.2 Å². The minimum Gasteiger partial charge on any atom is -0.493 e. The molecule has 39 heavy (non-hydrogen) atoms. The Hall–Kier alpha value is -4.29. The molecular formula is C33H33NO5. The van der Waals surface area contributed by atoms with E-state index in [1.165, 1.54) is 0 Å². The Balaban J connectivity index is 1.55. The summed E-state index contributed by atoms with van der Waals surface area (Å²) in [6.45, 7) is 1.05. The number of likely N-dealkylation sites (tertiary alicyclic amines) is 1. The maximum Gasteiger partial charge on any atom is 0.320 e. The zero-order valence-electron chi connectivity index (χ0n) is 22.2. The van der Waals surface area contributed by atoms with Crippen molar-refractivity contribution < 1.29 is 24.1 Å². The van der Waals surface area contributed by atoms with Gasteiger partial charge in [0.15, 0.2) is 11.5 Å². The third kappa shape index (κ3) is 5.76. The molecule has 1 saturated heterocycles. The summed E-state index contributed by atoms with van der Waals surface area (Å²) in [6, 6.07) is 31.5. The number of carboxylic acids is 1. The van der Waals surface area contributed by atoms with Crippen LogP contribution in [-0.2, 0) is 11.4 Å². The van der Waals surface area contributed by atoms with Gasteiger partial charge in [-0.2, -0.15) is 0 Å². The number of hydrogen-bond acceptors (Lipinski definition) is 5. The fourth-order valence-corrected chi connectivity index (χ4v) is 5.36. The van der Waals surface area contributed by atoms with E-state index in [0.29, 0.717) is 36.8 Å². The third-order valence-corrected chi connectivity index (χ3v) is 7.27. The molecule has 1 aliphatic heterocycles. The number of rotatable bonds is 10. The molecule has 0 aromatic heterocycles. The number of carboxylic acid groups (broad SMARTS) is 1. The van der Waals surface area contributed by atoms with Crippen LogP contribution in [0, 0.1) is 0 Å². The Morgan fingerprint density at radius 3 is 2.03 bits per heavy atom. The van der Waals surface area contributed by atoms with Gasteiger partial charge < -0.3 is 19.3 Å². The first-order valence-electron chi connectivity index (χ1n) is 13.2. The molecule has 1 fully saturated rings. The quantitative estimate of drug-likeness (QED) is 0.253. The lowest BCUT2D eigenvalue weighted by Gasteiger charge is -2.32. The summed E-state index contributed by atoms with van der Waals surface area (Å²) in [7, 11) is 3.21. The van der Waals surface area contributed by atoms with E-state index >= 15 is 0 Å². The zero-order valence-corrected chi connectivity index (χ0v) is 22.2. The van der Waals surface area contributed by atoms with Gasteiger partial charge in [0.05, 0.1) is 20.3 Å². The average molecular weight is 524 g/mol. The SMILES string of the molecule is COc1cc(C(c2ccc(-c3ccccc3)cc2)N2CCCC2C(=O)O)cc(OC)c1OCc1ccccc1. The van der Waals surface area contributed by atoms with E-state index in [9.17, 15) is 9.90 Å². The lowest BCUT2D eigenvalue weighted by Crippen LogP contribution is -2.39. The Bertz CT molecular complexity index is 1360. The lowest BCUT2D eigenvalue weighted by molar-refractivity contribution is -0.142. The maximum absolute atomic E-state index is 12.2. The van der Waals surface area contributed by atoms with Crippen LogP contribution in [0.5, 0.6) is 17.2 Å². The Morgan fingerprint density at radius 1 is 0.846 bits per heavy atom. The molecule has 1 N–H and O–H groups in total. The van der Waals surface area contributed by atoms with Gasteiger partial charge in [-0.05, 0) is 52.8 Å². The van der Waals surface area contributed by atoms with Gasteiger partial charge in [0.2, 0.25) is 5.75 Å². The second-order valence-corrected chi connectivity index (χ2v) is 9.65. The van der Waals surface area contributed by atoms with Crippen molar-refractivity contribution in [2.75, 3.05) is 20.8 Å². The highest BCUT2D eigenvalue weighted by Gasteiger charge is 2.37. The average Bonchev–Trinajstić information content (AvgIpc) is 3.47. The van der Waals surface area contributed by atoms with Crippen molar-refractivity contribution in [3.05, 3.63) is 114 Å². The summed E-state index contributed by atoms with van der Waals surface area (Å²) in [5.41, 5.74) is 5.16. The highest BCUT2D eigenvalue weighted by atomic mass is 16.5. The minimum absolute atomic E-state index is 0.301. The van der Waals surface area contributed by atoms with Gasteiger partial charge >= 0.3 is 5.97 Å². The van der Waals surface area contributed by atoms with Crippen molar-refractivity contribution in [3.8, 4) is 28.4 Å². The van der Waals surface area contributed by atoms with Crippen molar-refractivity contribution >= 4 is 5.97 Å². The zero-order chi connectivity index (χ0) is 27.2. The molecule has 0 amide bonds. The van der Waals surface area contributed by atoms with Gasteiger partial charge in [0.1, 0.15) is 12.6 Å². The van der Waals surface area contributed by atoms with Crippen LogP contribution in [0.15, 0.2) is 97.1 Å². The predicted octanol–water partition coefficient (Wildman–Crippen LogP) is 6.59. The molecule has 6 nitrogen and oxygen atoms in total. The monoisotopic (exact) mass is 523 g/mol. The highest BCUT2D eigenvalue weighted by molar-refractivity contribution is 5.74. The number of ether oxygens (including phenoxy) is 3. The van der Waals surface area contributed by atoms with Gasteiger partial charge in [-0.3, -0.25) is 9.69 Å². The van der Waals surface area contributed by atoms with Crippen molar-refractivity contribution in [2.45, 2.75) is 31.5 Å². The van der Waals surface area contributed by atoms with Gasteiger partial charge in [-0.25, -0.2) is 0 Å². The summed E-state index contributed by atoms with van der Waals surface area (Å²) in [4.78, 5) is 14.3. The summed E-state index contributed by atoms with van der Waals surface area (Å²) >= 11 is 0. The van der Waals surface area contributed by atoms with E-state index in [4.69, 9.17) is 14.2 Å². The molecule has 0 spiro atoms. The maximum atomic E-state index is 12.2. The Morgan fingerprint density at radius 2 is 1.44 bits per heavy atom. The first-order valence-corrected chi connectivity index (χ1v) is 13.2. The summed E-state index contributed by atoms with van der Waals surface area (Å²) in [6.07, 6.45) is 1.43. The van der Waals surface area contributed by atoms with Crippen molar-refractivity contribution in [1.82, 2.24) is 4.90 Å². The van der Waals surface area contributed by atoms with Crippen LogP contribution in [0.2, 0.25) is 0 Å². The standard InChI is InChI=1S/C33H33NO5/c1-37-29-20-27(21-30(38-2)32(29)39-22-23-10-5-3-6-11-23)31(34-19-9-14-28(34)33(35)36)26-17-15-25(16-18-26)24-12-7-4-8-13-24/h3-8,10-13,15-18,20-21,28,31H,9,14,19,22H2,1-2H3,(H,35,36). The fraction of sp³-hybridized carbons (Fsp3) is 0.242. The summed E-state index contributed by atoms with van der Waals surface area (Å²) in [5, 5.41) is 10.0. The number of benzene rings is 4. The summed E-state index contributed by atoms with van der Waals surface area (Å²) < 4.78 is 17.7. The highest BCUT2D eigenvalue weighted by Crippen LogP contribution is 2.44. The Labute approximate surface area is 229 Å². The third-order valence-electron chi connectivity index (χ3n) is 7.27. The largest absolute Gasteiger partial charge is 0.493 e. The van der Waals surface area contributed by atoms with E-state index in [0.717, 1.165) is 34.2 Å². The number of nitrogens with zero attached hydrogens (tertiary/aromatic N) is 1. The Kier molecular flexibility index (Phi) is 8.13. The topological polar surface area (TPSA) is 68.2 Å². The van der Waals surface area contributed by atoms with Gasteiger partial charge in [-0.15, -0.1) is 0 Å². The van der Waals surface area contributed by atoms with E-state index in [-0.39, 0.29) is 6.04 Å². The molecule has 2 atom stereocenters. The molecule has 0 bridgehead atoms. The normalized spacial score (nSPS) is 16.0. The lowest BCUT2D eigenvalue weighted by atomic mass is 9.93. The predicted molar refractivity (Wildman–Crippen MR) is 151 cm³/mol. The molecule has 4 aromatic carbocycles. The number of methoxy groups -OCH3 is 2. The smallest absolute Gasteiger partial charge is 0.320 e. The van der Waals surface area contributed by atoms with Gasteiger partial charge in [-0.1, -0.05) is 84.9 Å². The molecule has 0 saturated carbocycles. The first kappa shape index (κ1) is 26.3. The van der Waals surface area contributed by atoms with Gasteiger partial charge in [0, 0.05) is 6.54 Å². The molecular weight excluding hydrogens is 490 g/mol. The minimum atomic E-state index is -0.805. The van der Waals surface area contributed by atoms with Crippen LogP contribution in [0.25, 0.3) is 11.1 Å². The number of carbonyl (C=O) groups is 1. The molecule has 0 radical (unpaired) electrons. The van der Waals surface area contributed by atoms with Crippen molar-refractivity contribution in [3.63, 3.8) is 0 Å². The van der Waals surface area contributed by atoms with Crippen LogP contribution < -0.4 is 14.2 Å². The number of hydrogen-bond donors (Lipinski definition) is 1. The van der Waals surface area contributed by atoms with Crippen LogP contribution in [0.3, 0.4) is 0 Å². The van der Waals surface area contributed by atoms with E-state index in [2.05, 4.69) is 41.3 Å². The fourth-order valence-electron chi connectivity index (χ4n) is 5.36. The summed E-state index contributed by atoms with van der Waals surface area (Å²) in [5.74, 6) is 0.789. The molecule has 2 unspecified atom stereocenters. The van der Waals surface area contributed by atoms with Crippen LogP contribution >= 0.6 is 0 Å². The second kappa shape index (κ2) is 12.0. The van der Waals surface area contributed by atoms with Crippen LogP contribution in [0.1, 0.15) is 35.6 Å². The molecule has 5 rings (SSSR count). The van der Waals surface area contributed by atoms with E-state index in [1.807, 2.05) is 60.7 Å². The molecule has 200 valence electrons. The van der Waals surface area contributed by atoms with Crippen molar-refractivity contribution in [1.29, 1.82) is 0 Å².